The van der Waals surface area contributed by atoms with Gasteiger partial charge >= 0.3 is 5.97 Å². The number of benzene rings is 2. The van der Waals surface area contributed by atoms with E-state index in [-0.39, 0.29) is 24.1 Å². The lowest BCUT2D eigenvalue weighted by atomic mass is 9.77. The van der Waals surface area contributed by atoms with E-state index in [2.05, 4.69) is 15.5 Å². The number of rotatable bonds is 8. The molecule has 0 aliphatic heterocycles. The molecule has 7 nitrogen and oxygen atoms in total. The molecule has 8 heteroatoms. The van der Waals surface area contributed by atoms with Gasteiger partial charge in [-0.05, 0) is 76.0 Å². The Balaban J connectivity index is 1.26. The molecular weight excluding hydrogens is 486 g/mol. The Kier molecular flexibility index (Phi) is 8.48. The predicted molar refractivity (Wildman–Crippen MR) is 144 cm³/mol. The Labute approximate surface area is 221 Å². The summed E-state index contributed by atoms with van der Waals surface area (Å²) in [5.41, 5.74) is 1.94. The van der Waals surface area contributed by atoms with Gasteiger partial charge in [-0.15, -0.1) is 10.2 Å². The molecule has 194 valence electrons. The quantitative estimate of drug-likeness (QED) is 0.280. The molecule has 0 bridgehead atoms. The van der Waals surface area contributed by atoms with Crippen LogP contribution in [-0.4, -0.2) is 33.5 Å². The first kappa shape index (κ1) is 26.7. The Morgan fingerprint density at radius 1 is 0.919 bits per heavy atom. The van der Waals surface area contributed by atoms with E-state index in [1.165, 1.54) is 16.9 Å². The molecule has 1 heterocycles. The molecule has 37 heavy (non-hydrogen) atoms. The fraction of sp³-hybridized carbons (Fsp3) is 0.414. The van der Waals surface area contributed by atoms with Crippen molar-refractivity contribution in [3.63, 3.8) is 0 Å². The fourth-order valence-corrected chi connectivity index (χ4v) is 5.37. The maximum absolute atomic E-state index is 12.7. The van der Waals surface area contributed by atoms with Crippen molar-refractivity contribution in [1.29, 1.82) is 0 Å². The van der Waals surface area contributed by atoms with Crippen LogP contribution in [0.1, 0.15) is 90.1 Å². The van der Waals surface area contributed by atoms with Crippen LogP contribution in [0.25, 0.3) is 0 Å². The maximum Gasteiger partial charge on any atom is 0.306 e. The van der Waals surface area contributed by atoms with E-state index in [0.29, 0.717) is 39.5 Å². The molecule has 1 aliphatic rings. The number of ketones is 1. The Morgan fingerprint density at radius 2 is 1.59 bits per heavy atom. The van der Waals surface area contributed by atoms with E-state index in [0.717, 1.165) is 25.7 Å². The van der Waals surface area contributed by atoms with E-state index in [4.69, 9.17) is 4.74 Å². The summed E-state index contributed by atoms with van der Waals surface area (Å²) in [5.74, 6) is 0.390. The van der Waals surface area contributed by atoms with Crippen molar-refractivity contribution >= 4 is 34.1 Å². The Bertz CT molecular complexity index is 1220. The van der Waals surface area contributed by atoms with Crippen LogP contribution in [0.5, 0.6) is 0 Å². The molecule has 1 N–H and O–H groups in total. The minimum absolute atomic E-state index is 0.0379. The lowest BCUT2D eigenvalue weighted by molar-refractivity contribution is -0.156. The molecule has 1 aromatic heterocycles. The predicted octanol–water partition coefficient (Wildman–Crippen LogP) is 6.22. The standard InChI is InChI=1S/C29H33N3O4S/c1-29(2,3)36-26(34)17-19-9-11-20(12-10-19)21-13-15-23(16-14-21)27(35)30-28-32-31-25(37-28)18-24(33)22-7-5-4-6-8-22/h4-8,13-16,19-20H,9-12,17-18H2,1-3H3,(H,30,32,35)/t19-,20-. The second-order valence-electron chi connectivity index (χ2n) is 10.6. The second kappa shape index (κ2) is 11.8. The number of hydrogen-bond donors (Lipinski definition) is 1. The number of anilines is 1. The zero-order chi connectivity index (χ0) is 26.4. The SMILES string of the molecule is CC(C)(C)OC(=O)C[C@H]1CC[C@H](c2ccc(C(=O)Nc3nnc(CC(=O)c4ccccc4)s3)cc2)CC1. The highest BCUT2D eigenvalue weighted by Crippen LogP contribution is 2.37. The molecule has 1 amide bonds. The van der Waals surface area contributed by atoms with Crippen molar-refractivity contribution in [2.24, 2.45) is 5.92 Å². The summed E-state index contributed by atoms with van der Waals surface area (Å²) in [6.07, 6.45) is 4.67. The van der Waals surface area contributed by atoms with Crippen LogP contribution < -0.4 is 5.32 Å². The Hall–Kier alpha value is -3.39. The van der Waals surface area contributed by atoms with E-state index in [1.54, 1.807) is 12.1 Å². The van der Waals surface area contributed by atoms with Gasteiger partial charge in [0.15, 0.2) is 5.78 Å². The van der Waals surface area contributed by atoms with Gasteiger partial charge < -0.3 is 4.74 Å². The fourth-order valence-electron chi connectivity index (χ4n) is 4.63. The molecule has 1 saturated carbocycles. The van der Waals surface area contributed by atoms with Gasteiger partial charge in [-0.2, -0.15) is 0 Å². The average Bonchev–Trinajstić information content (AvgIpc) is 3.30. The Morgan fingerprint density at radius 3 is 2.24 bits per heavy atom. The van der Waals surface area contributed by atoms with E-state index < -0.39 is 5.60 Å². The van der Waals surface area contributed by atoms with Crippen molar-refractivity contribution in [1.82, 2.24) is 10.2 Å². The normalized spacial score (nSPS) is 17.7. The summed E-state index contributed by atoms with van der Waals surface area (Å²) in [6, 6.07) is 16.7. The van der Waals surface area contributed by atoms with E-state index in [9.17, 15) is 14.4 Å². The minimum atomic E-state index is -0.442. The smallest absolute Gasteiger partial charge is 0.306 e. The van der Waals surface area contributed by atoms with Crippen molar-refractivity contribution in [3.8, 4) is 0 Å². The third kappa shape index (κ3) is 7.79. The first-order chi connectivity index (χ1) is 17.7. The average molecular weight is 520 g/mol. The molecule has 3 aromatic rings. The number of carbonyl (C=O) groups excluding carboxylic acids is 3. The highest BCUT2D eigenvalue weighted by Gasteiger charge is 2.26. The van der Waals surface area contributed by atoms with Crippen LogP contribution in [0, 0.1) is 5.92 Å². The summed E-state index contributed by atoms with van der Waals surface area (Å²) in [6.45, 7) is 5.69. The topological polar surface area (TPSA) is 98.2 Å². The summed E-state index contributed by atoms with van der Waals surface area (Å²) < 4.78 is 5.47. The number of amides is 1. The number of hydrogen-bond acceptors (Lipinski definition) is 7. The van der Waals surface area contributed by atoms with E-state index in [1.807, 2.05) is 63.2 Å². The molecular formula is C29H33N3O4S. The molecule has 1 aliphatic carbocycles. The van der Waals surface area contributed by atoms with Gasteiger partial charge in [0.2, 0.25) is 5.13 Å². The molecule has 0 radical (unpaired) electrons. The molecule has 4 rings (SSSR count). The molecule has 0 spiro atoms. The number of ether oxygens (including phenoxy) is 1. The van der Waals surface area contributed by atoms with Gasteiger partial charge in [0.25, 0.3) is 5.91 Å². The van der Waals surface area contributed by atoms with Gasteiger partial charge in [0.05, 0.1) is 6.42 Å². The summed E-state index contributed by atoms with van der Waals surface area (Å²) in [7, 11) is 0. The largest absolute Gasteiger partial charge is 0.460 e. The lowest BCUT2D eigenvalue weighted by Gasteiger charge is -2.29. The van der Waals surface area contributed by atoms with Crippen molar-refractivity contribution in [2.75, 3.05) is 5.32 Å². The van der Waals surface area contributed by atoms with Crippen LogP contribution in [0.3, 0.4) is 0 Å². The van der Waals surface area contributed by atoms with E-state index >= 15 is 0 Å². The third-order valence-corrected chi connectivity index (χ3v) is 7.30. The van der Waals surface area contributed by atoms with Crippen LogP contribution in [-0.2, 0) is 16.0 Å². The summed E-state index contributed by atoms with van der Waals surface area (Å²) in [4.78, 5) is 37.2. The first-order valence-electron chi connectivity index (χ1n) is 12.7. The van der Waals surface area contributed by atoms with Gasteiger partial charge in [-0.1, -0.05) is 53.8 Å². The zero-order valence-electron chi connectivity index (χ0n) is 21.5. The molecule has 0 atom stereocenters. The monoisotopic (exact) mass is 519 g/mol. The van der Waals surface area contributed by atoms with Crippen LogP contribution in [0.4, 0.5) is 5.13 Å². The number of nitrogens with zero attached hydrogens (tertiary/aromatic N) is 2. The lowest BCUT2D eigenvalue weighted by Crippen LogP contribution is -2.26. The van der Waals surface area contributed by atoms with Crippen molar-refractivity contribution < 1.29 is 19.1 Å². The number of aromatic nitrogens is 2. The molecule has 2 aromatic carbocycles. The maximum atomic E-state index is 12.7. The highest BCUT2D eigenvalue weighted by molar-refractivity contribution is 7.15. The van der Waals surface area contributed by atoms with Crippen LogP contribution >= 0.6 is 11.3 Å². The number of Topliss-reactive ketones (excluding diaryl/α,β-unsaturated/α-hetero) is 1. The number of carbonyl (C=O) groups is 3. The summed E-state index contributed by atoms with van der Waals surface area (Å²) in [5, 5.41) is 11.8. The van der Waals surface area contributed by atoms with Gasteiger partial charge in [-0.3, -0.25) is 19.7 Å². The highest BCUT2D eigenvalue weighted by atomic mass is 32.1. The zero-order valence-corrected chi connectivity index (χ0v) is 22.3. The molecule has 1 fully saturated rings. The van der Waals surface area contributed by atoms with Crippen LogP contribution in [0.15, 0.2) is 54.6 Å². The number of nitrogens with one attached hydrogen (secondary N) is 1. The molecule has 0 saturated heterocycles. The van der Waals surface area contributed by atoms with Crippen LogP contribution in [0.2, 0.25) is 0 Å². The van der Waals surface area contributed by atoms with Crippen molar-refractivity contribution in [3.05, 3.63) is 76.3 Å². The van der Waals surface area contributed by atoms with Gasteiger partial charge in [-0.25, -0.2) is 0 Å². The second-order valence-corrected chi connectivity index (χ2v) is 11.6. The summed E-state index contributed by atoms with van der Waals surface area (Å²) >= 11 is 1.20. The number of esters is 1. The third-order valence-electron chi connectivity index (χ3n) is 6.46. The first-order valence-corrected chi connectivity index (χ1v) is 13.5. The van der Waals surface area contributed by atoms with Crippen molar-refractivity contribution in [2.45, 2.75) is 70.8 Å². The minimum Gasteiger partial charge on any atom is -0.460 e. The van der Waals surface area contributed by atoms with Gasteiger partial charge in [0.1, 0.15) is 10.6 Å². The van der Waals surface area contributed by atoms with Gasteiger partial charge in [0, 0.05) is 17.5 Å². The molecule has 0 unspecified atom stereocenters.